The van der Waals surface area contributed by atoms with Crippen LogP contribution in [0.3, 0.4) is 0 Å². The van der Waals surface area contributed by atoms with Gasteiger partial charge < -0.3 is 24.3 Å². The zero-order valence-electron chi connectivity index (χ0n) is 17.8. The molecule has 6 nitrogen and oxygen atoms in total. The van der Waals surface area contributed by atoms with Gasteiger partial charge in [-0.05, 0) is 63.8 Å². The van der Waals surface area contributed by atoms with E-state index < -0.39 is 0 Å². The number of benzene rings is 1. The van der Waals surface area contributed by atoms with Crippen LogP contribution in [-0.4, -0.2) is 72.2 Å². The van der Waals surface area contributed by atoms with Gasteiger partial charge in [-0.2, -0.15) is 0 Å². The average Bonchev–Trinajstić information content (AvgIpc) is 3.17. The van der Waals surface area contributed by atoms with Crippen LogP contribution in [0.25, 0.3) is 10.9 Å². The number of fused-ring (bicyclic) bond motifs is 1. The van der Waals surface area contributed by atoms with E-state index in [9.17, 15) is 4.79 Å². The number of likely N-dealkylation sites (tertiary alicyclic amines) is 2. The molecule has 1 aromatic heterocycles. The lowest BCUT2D eigenvalue weighted by molar-refractivity contribution is 0.0348. The summed E-state index contributed by atoms with van der Waals surface area (Å²) in [5.41, 5.74) is 1.63. The molecule has 2 saturated heterocycles. The molecule has 0 spiro atoms. The molecule has 0 unspecified atom stereocenters. The maximum absolute atomic E-state index is 12.9. The molecule has 4 rings (SSSR count). The molecule has 2 fully saturated rings. The third-order valence-corrected chi connectivity index (χ3v) is 6.39. The van der Waals surface area contributed by atoms with E-state index in [0.717, 1.165) is 68.5 Å². The Balaban J connectivity index is 1.40. The molecule has 2 aliphatic rings. The molecule has 0 bridgehead atoms. The number of ether oxygens (including phenoxy) is 2. The first kappa shape index (κ1) is 20.2. The summed E-state index contributed by atoms with van der Waals surface area (Å²) in [4.78, 5) is 20.6. The van der Waals surface area contributed by atoms with Gasteiger partial charge in [0.25, 0.3) is 5.91 Å². The second-order valence-electron chi connectivity index (χ2n) is 8.61. The van der Waals surface area contributed by atoms with Gasteiger partial charge in [0.1, 0.15) is 17.5 Å². The van der Waals surface area contributed by atoms with Gasteiger partial charge >= 0.3 is 0 Å². The minimum atomic E-state index is 0.0688. The highest BCUT2D eigenvalue weighted by atomic mass is 16.5. The molecule has 1 aromatic carbocycles. The SMILES string of the molecule is COC1CCN(C(=O)c2cc3cc(OC4CCN(C(C)C)CC4)ccc3[nH]2)CC1. The van der Waals surface area contributed by atoms with E-state index in [1.807, 2.05) is 23.1 Å². The predicted molar refractivity (Wildman–Crippen MR) is 115 cm³/mol. The second-order valence-corrected chi connectivity index (χ2v) is 8.61. The van der Waals surface area contributed by atoms with Crippen LogP contribution in [0.15, 0.2) is 24.3 Å². The Kier molecular flexibility index (Phi) is 6.11. The highest BCUT2D eigenvalue weighted by molar-refractivity contribution is 5.98. The topological polar surface area (TPSA) is 57.8 Å². The Bertz CT molecular complexity index is 831. The van der Waals surface area contributed by atoms with Gasteiger partial charge in [0.05, 0.1) is 6.10 Å². The number of carbonyl (C=O) groups excluding carboxylic acids is 1. The van der Waals surface area contributed by atoms with Gasteiger partial charge in [-0.1, -0.05) is 0 Å². The van der Waals surface area contributed by atoms with Crippen LogP contribution < -0.4 is 4.74 Å². The van der Waals surface area contributed by atoms with Gasteiger partial charge in [-0.3, -0.25) is 4.79 Å². The molecule has 158 valence electrons. The standard InChI is InChI=1S/C23H33N3O3/c1-16(2)25-10-8-19(9-11-25)29-20-4-5-21-17(14-20)15-22(24-21)23(27)26-12-6-18(28-3)7-13-26/h4-5,14-16,18-19,24H,6-13H2,1-3H3. The fraction of sp³-hybridized carbons (Fsp3) is 0.609. The van der Waals surface area contributed by atoms with Crippen LogP contribution >= 0.6 is 0 Å². The maximum atomic E-state index is 12.9. The molecule has 6 heteroatoms. The van der Waals surface area contributed by atoms with Crippen LogP contribution in [0.2, 0.25) is 0 Å². The summed E-state index contributed by atoms with van der Waals surface area (Å²) in [7, 11) is 1.74. The van der Waals surface area contributed by atoms with Crippen molar-refractivity contribution in [1.29, 1.82) is 0 Å². The Morgan fingerprint density at radius 1 is 1.03 bits per heavy atom. The van der Waals surface area contributed by atoms with Crippen molar-refractivity contribution >= 4 is 16.8 Å². The summed E-state index contributed by atoms with van der Waals surface area (Å²) >= 11 is 0. The highest BCUT2D eigenvalue weighted by Crippen LogP contribution is 2.26. The number of carbonyl (C=O) groups is 1. The zero-order valence-corrected chi connectivity index (χ0v) is 17.8. The lowest BCUT2D eigenvalue weighted by Gasteiger charge is -2.34. The van der Waals surface area contributed by atoms with Crippen molar-refractivity contribution in [2.24, 2.45) is 0 Å². The van der Waals surface area contributed by atoms with E-state index in [-0.39, 0.29) is 18.1 Å². The van der Waals surface area contributed by atoms with Crippen molar-refractivity contribution < 1.29 is 14.3 Å². The first-order chi connectivity index (χ1) is 14.0. The molecule has 1 amide bonds. The Morgan fingerprint density at radius 2 is 1.72 bits per heavy atom. The molecule has 2 aromatic rings. The normalized spacial score (nSPS) is 19.9. The number of nitrogens with one attached hydrogen (secondary N) is 1. The van der Waals surface area contributed by atoms with E-state index in [1.165, 1.54) is 0 Å². The number of piperidine rings is 2. The smallest absolute Gasteiger partial charge is 0.270 e. The predicted octanol–water partition coefficient (Wildman–Crippen LogP) is 3.67. The number of nitrogens with zero attached hydrogens (tertiary/aromatic N) is 2. The lowest BCUT2D eigenvalue weighted by Crippen LogP contribution is -2.41. The minimum absolute atomic E-state index is 0.0688. The number of hydrogen-bond donors (Lipinski definition) is 1. The molecule has 0 radical (unpaired) electrons. The quantitative estimate of drug-likeness (QED) is 0.833. The van der Waals surface area contributed by atoms with Crippen molar-refractivity contribution in [3.63, 3.8) is 0 Å². The summed E-state index contributed by atoms with van der Waals surface area (Å²) in [5, 5.41) is 1.03. The van der Waals surface area contributed by atoms with Gasteiger partial charge in [0.2, 0.25) is 0 Å². The summed E-state index contributed by atoms with van der Waals surface area (Å²) in [6, 6.07) is 8.62. The largest absolute Gasteiger partial charge is 0.490 e. The van der Waals surface area contributed by atoms with Gasteiger partial charge in [-0.15, -0.1) is 0 Å². The third kappa shape index (κ3) is 4.59. The number of rotatable bonds is 5. The fourth-order valence-corrected chi connectivity index (χ4v) is 4.47. The maximum Gasteiger partial charge on any atom is 0.270 e. The molecule has 3 heterocycles. The van der Waals surface area contributed by atoms with E-state index >= 15 is 0 Å². The Morgan fingerprint density at radius 3 is 2.38 bits per heavy atom. The van der Waals surface area contributed by atoms with Crippen molar-refractivity contribution in [3.8, 4) is 5.75 Å². The first-order valence-corrected chi connectivity index (χ1v) is 10.9. The van der Waals surface area contributed by atoms with Gasteiger partial charge in [0, 0.05) is 50.2 Å². The van der Waals surface area contributed by atoms with Gasteiger partial charge in [-0.25, -0.2) is 0 Å². The van der Waals surface area contributed by atoms with Crippen molar-refractivity contribution in [2.45, 2.75) is 57.8 Å². The number of hydrogen-bond acceptors (Lipinski definition) is 4. The van der Waals surface area contributed by atoms with Crippen molar-refractivity contribution in [2.75, 3.05) is 33.3 Å². The lowest BCUT2D eigenvalue weighted by atomic mass is 10.1. The number of aromatic nitrogens is 1. The van der Waals surface area contributed by atoms with E-state index in [2.05, 4.69) is 29.8 Å². The fourth-order valence-electron chi connectivity index (χ4n) is 4.47. The second kappa shape index (κ2) is 8.76. The van der Waals surface area contributed by atoms with Crippen LogP contribution in [0, 0.1) is 0 Å². The van der Waals surface area contributed by atoms with Crippen LogP contribution in [0.4, 0.5) is 0 Å². The molecule has 29 heavy (non-hydrogen) atoms. The average molecular weight is 400 g/mol. The van der Waals surface area contributed by atoms with Crippen LogP contribution in [0.5, 0.6) is 5.75 Å². The van der Waals surface area contributed by atoms with E-state index in [1.54, 1.807) is 7.11 Å². The zero-order chi connectivity index (χ0) is 20.4. The Labute approximate surface area is 173 Å². The van der Waals surface area contributed by atoms with Crippen LogP contribution in [0.1, 0.15) is 50.0 Å². The minimum Gasteiger partial charge on any atom is -0.490 e. The molecule has 0 atom stereocenters. The Hall–Kier alpha value is -2.05. The van der Waals surface area contributed by atoms with Crippen molar-refractivity contribution in [3.05, 3.63) is 30.0 Å². The highest BCUT2D eigenvalue weighted by Gasteiger charge is 2.25. The first-order valence-electron chi connectivity index (χ1n) is 10.9. The monoisotopic (exact) mass is 399 g/mol. The van der Waals surface area contributed by atoms with E-state index in [4.69, 9.17) is 9.47 Å². The number of aromatic amines is 1. The molecule has 2 aliphatic heterocycles. The molecule has 1 N–H and O–H groups in total. The molecule has 0 aliphatic carbocycles. The number of methoxy groups -OCH3 is 1. The molecular weight excluding hydrogens is 366 g/mol. The summed E-state index contributed by atoms with van der Waals surface area (Å²) in [6.07, 6.45) is 4.46. The summed E-state index contributed by atoms with van der Waals surface area (Å²) in [5.74, 6) is 0.957. The molecule has 0 saturated carbocycles. The third-order valence-electron chi connectivity index (χ3n) is 6.39. The number of amides is 1. The number of H-pyrrole nitrogens is 1. The summed E-state index contributed by atoms with van der Waals surface area (Å²) < 4.78 is 11.7. The van der Waals surface area contributed by atoms with Crippen molar-refractivity contribution in [1.82, 2.24) is 14.8 Å². The molecular formula is C23H33N3O3. The van der Waals surface area contributed by atoms with Gasteiger partial charge in [0.15, 0.2) is 0 Å². The van der Waals surface area contributed by atoms with Crippen LogP contribution in [-0.2, 0) is 4.74 Å². The summed E-state index contributed by atoms with van der Waals surface area (Å²) in [6.45, 7) is 8.17. The van der Waals surface area contributed by atoms with E-state index in [0.29, 0.717) is 11.7 Å².